The molecule has 2 rings (SSSR count). The third kappa shape index (κ3) is 2.43. The second kappa shape index (κ2) is 5.14. The third-order valence-corrected chi connectivity index (χ3v) is 3.20. The second-order valence-electron chi connectivity index (χ2n) is 3.33. The number of para-hydroxylation sites is 1. The first-order valence-electron chi connectivity index (χ1n) is 5.07. The minimum absolute atomic E-state index is 0.200. The summed E-state index contributed by atoms with van der Waals surface area (Å²) in [6.07, 6.45) is 0.753. The quantitative estimate of drug-likeness (QED) is 0.479. The number of thioether (sulfide) groups is 1. The van der Waals surface area contributed by atoms with Crippen LogP contribution in [0.1, 0.15) is 6.42 Å². The molecule has 16 heavy (non-hydrogen) atoms. The highest BCUT2D eigenvalue weighted by molar-refractivity contribution is 7.99. The summed E-state index contributed by atoms with van der Waals surface area (Å²) in [7, 11) is 0. The van der Waals surface area contributed by atoms with Gasteiger partial charge in [0.2, 0.25) is 5.95 Å². The van der Waals surface area contributed by atoms with Gasteiger partial charge in [-0.25, -0.2) is 9.97 Å². The lowest BCUT2D eigenvalue weighted by Crippen LogP contribution is -1.97. The topological polar surface area (TPSA) is 72.0 Å². The summed E-state index contributed by atoms with van der Waals surface area (Å²) < 4.78 is 0. The summed E-state index contributed by atoms with van der Waals surface area (Å²) in [4.78, 5) is 8.39. The number of aliphatic hydroxyl groups excluding tert-OH is 1. The molecule has 0 aliphatic heterocycles. The van der Waals surface area contributed by atoms with Crippen LogP contribution in [0.25, 0.3) is 10.9 Å². The molecule has 0 radical (unpaired) electrons. The smallest absolute Gasteiger partial charge is 0.221 e. The molecule has 4 nitrogen and oxygen atoms in total. The third-order valence-electron chi connectivity index (χ3n) is 2.13. The highest BCUT2D eigenvalue weighted by Crippen LogP contribution is 2.25. The van der Waals surface area contributed by atoms with Crippen LogP contribution in [-0.4, -0.2) is 27.4 Å². The van der Waals surface area contributed by atoms with E-state index in [1.54, 1.807) is 11.8 Å². The van der Waals surface area contributed by atoms with E-state index < -0.39 is 0 Å². The minimum Gasteiger partial charge on any atom is -0.396 e. The van der Waals surface area contributed by atoms with Crippen LogP contribution in [-0.2, 0) is 0 Å². The fourth-order valence-corrected chi connectivity index (χ4v) is 2.36. The van der Waals surface area contributed by atoms with E-state index in [-0.39, 0.29) is 6.61 Å². The Morgan fingerprint density at radius 2 is 2.06 bits per heavy atom. The van der Waals surface area contributed by atoms with Crippen molar-refractivity contribution in [1.29, 1.82) is 0 Å². The number of benzene rings is 1. The van der Waals surface area contributed by atoms with Crippen molar-refractivity contribution in [3.63, 3.8) is 0 Å². The number of anilines is 1. The Balaban J connectivity index is 2.34. The van der Waals surface area contributed by atoms with Crippen LogP contribution in [0, 0.1) is 0 Å². The zero-order valence-electron chi connectivity index (χ0n) is 8.76. The molecule has 5 heteroatoms. The number of nitrogens with zero attached hydrogens (tertiary/aromatic N) is 2. The lowest BCUT2D eigenvalue weighted by molar-refractivity contribution is 0.296. The highest BCUT2D eigenvalue weighted by atomic mass is 32.2. The van der Waals surface area contributed by atoms with E-state index in [4.69, 9.17) is 10.8 Å². The molecule has 0 amide bonds. The molecule has 0 aliphatic carbocycles. The van der Waals surface area contributed by atoms with Crippen molar-refractivity contribution in [3.05, 3.63) is 24.3 Å². The first-order valence-corrected chi connectivity index (χ1v) is 6.06. The van der Waals surface area contributed by atoms with Crippen LogP contribution in [0.5, 0.6) is 0 Å². The molecule has 0 bridgehead atoms. The molecule has 1 heterocycles. The number of nitrogen functional groups attached to an aromatic ring is 1. The minimum atomic E-state index is 0.200. The van der Waals surface area contributed by atoms with Crippen LogP contribution in [0.3, 0.4) is 0 Å². The predicted octanol–water partition coefficient (Wildman–Crippen LogP) is 1.69. The maximum atomic E-state index is 8.74. The largest absolute Gasteiger partial charge is 0.396 e. The molecule has 0 saturated carbocycles. The molecule has 1 aromatic heterocycles. The Hall–Kier alpha value is -1.33. The Bertz CT molecular complexity index is 490. The first-order chi connectivity index (χ1) is 7.81. The van der Waals surface area contributed by atoms with Crippen molar-refractivity contribution in [2.24, 2.45) is 0 Å². The van der Waals surface area contributed by atoms with E-state index in [2.05, 4.69) is 9.97 Å². The van der Waals surface area contributed by atoms with E-state index >= 15 is 0 Å². The van der Waals surface area contributed by atoms with Gasteiger partial charge in [0.15, 0.2) is 0 Å². The summed E-state index contributed by atoms with van der Waals surface area (Å²) in [6, 6.07) is 7.79. The van der Waals surface area contributed by atoms with E-state index in [1.165, 1.54) is 0 Å². The zero-order chi connectivity index (χ0) is 11.4. The molecule has 0 spiro atoms. The fraction of sp³-hybridized carbons (Fsp3) is 0.273. The monoisotopic (exact) mass is 235 g/mol. The zero-order valence-corrected chi connectivity index (χ0v) is 9.57. The second-order valence-corrected chi connectivity index (χ2v) is 4.41. The van der Waals surface area contributed by atoms with Gasteiger partial charge in [0.05, 0.1) is 5.52 Å². The van der Waals surface area contributed by atoms with Crippen molar-refractivity contribution in [2.45, 2.75) is 11.4 Å². The standard InChI is InChI=1S/C11H13N3OS/c12-11-13-9-5-2-1-4-8(9)10(14-11)16-7-3-6-15/h1-2,4-5,15H,3,6-7H2,(H2,12,13,14). The summed E-state index contributed by atoms with van der Waals surface area (Å²) in [5.74, 6) is 1.13. The molecule has 0 saturated heterocycles. The van der Waals surface area contributed by atoms with Gasteiger partial charge in [-0.1, -0.05) is 18.2 Å². The molecule has 0 unspecified atom stereocenters. The van der Waals surface area contributed by atoms with Gasteiger partial charge in [0, 0.05) is 17.7 Å². The number of hydrogen-bond donors (Lipinski definition) is 2. The number of rotatable bonds is 4. The molecule has 84 valence electrons. The number of nitrogens with two attached hydrogens (primary N) is 1. The van der Waals surface area contributed by atoms with Gasteiger partial charge in [-0.2, -0.15) is 0 Å². The normalized spacial score (nSPS) is 10.8. The molecule has 0 atom stereocenters. The number of fused-ring (bicyclic) bond motifs is 1. The van der Waals surface area contributed by atoms with Crippen LogP contribution >= 0.6 is 11.8 Å². The van der Waals surface area contributed by atoms with E-state index in [9.17, 15) is 0 Å². The van der Waals surface area contributed by atoms with Crippen molar-refractivity contribution in [2.75, 3.05) is 18.1 Å². The Labute approximate surface area is 97.9 Å². The lowest BCUT2D eigenvalue weighted by Gasteiger charge is -2.05. The number of aromatic nitrogens is 2. The number of hydrogen-bond acceptors (Lipinski definition) is 5. The van der Waals surface area contributed by atoms with Crippen LogP contribution in [0.4, 0.5) is 5.95 Å². The van der Waals surface area contributed by atoms with Gasteiger partial charge in [0.25, 0.3) is 0 Å². The van der Waals surface area contributed by atoms with Crippen LogP contribution in [0.15, 0.2) is 29.3 Å². The Kier molecular flexibility index (Phi) is 3.58. The maximum Gasteiger partial charge on any atom is 0.221 e. The van der Waals surface area contributed by atoms with Gasteiger partial charge >= 0.3 is 0 Å². The summed E-state index contributed by atoms with van der Waals surface area (Å²) in [6.45, 7) is 0.200. The van der Waals surface area contributed by atoms with Crippen LogP contribution < -0.4 is 5.73 Å². The fourth-order valence-electron chi connectivity index (χ4n) is 1.41. The van der Waals surface area contributed by atoms with E-state index in [0.717, 1.165) is 28.1 Å². The summed E-state index contributed by atoms with van der Waals surface area (Å²) in [5, 5.41) is 10.6. The van der Waals surface area contributed by atoms with Gasteiger partial charge in [-0.3, -0.25) is 0 Å². The van der Waals surface area contributed by atoms with Gasteiger partial charge in [0.1, 0.15) is 5.03 Å². The molecular weight excluding hydrogens is 222 g/mol. The molecule has 3 N–H and O–H groups in total. The number of aliphatic hydroxyl groups is 1. The summed E-state index contributed by atoms with van der Waals surface area (Å²) >= 11 is 1.60. The average Bonchev–Trinajstić information content (AvgIpc) is 2.29. The molecule has 2 aromatic rings. The van der Waals surface area contributed by atoms with Crippen molar-refractivity contribution in [3.8, 4) is 0 Å². The molecule has 1 aromatic carbocycles. The van der Waals surface area contributed by atoms with Crippen molar-refractivity contribution >= 4 is 28.6 Å². The molecular formula is C11H13N3OS. The van der Waals surface area contributed by atoms with Crippen molar-refractivity contribution < 1.29 is 5.11 Å². The van der Waals surface area contributed by atoms with E-state index in [1.807, 2.05) is 24.3 Å². The van der Waals surface area contributed by atoms with E-state index in [0.29, 0.717) is 5.95 Å². The predicted molar refractivity (Wildman–Crippen MR) is 66.4 cm³/mol. The molecule has 0 fully saturated rings. The SMILES string of the molecule is Nc1nc(SCCCO)c2ccccc2n1. The Morgan fingerprint density at radius 3 is 2.88 bits per heavy atom. The van der Waals surface area contributed by atoms with Crippen LogP contribution in [0.2, 0.25) is 0 Å². The maximum absolute atomic E-state index is 8.74. The van der Waals surface area contributed by atoms with Gasteiger partial charge in [-0.05, 0) is 12.5 Å². The Morgan fingerprint density at radius 1 is 1.25 bits per heavy atom. The molecule has 0 aliphatic rings. The first kappa shape index (κ1) is 11.2. The van der Waals surface area contributed by atoms with Gasteiger partial charge in [-0.15, -0.1) is 11.8 Å². The average molecular weight is 235 g/mol. The lowest BCUT2D eigenvalue weighted by atomic mass is 10.2. The summed E-state index contributed by atoms with van der Waals surface area (Å²) in [5.41, 5.74) is 6.51. The highest BCUT2D eigenvalue weighted by Gasteiger charge is 2.05. The van der Waals surface area contributed by atoms with Crippen molar-refractivity contribution in [1.82, 2.24) is 9.97 Å². The van der Waals surface area contributed by atoms with Gasteiger partial charge < -0.3 is 10.8 Å².